The summed E-state index contributed by atoms with van der Waals surface area (Å²) in [5.41, 5.74) is 1.57. The summed E-state index contributed by atoms with van der Waals surface area (Å²) < 4.78 is 39.4. The van der Waals surface area contributed by atoms with Crippen LogP contribution >= 0.6 is 23.5 Å². The number of nitrogens with zero attached hydrogens (tertiary/aromatic N) is 4. The van der Waals surface area contributed by atoms with Crippen LogP contribution in [0.25, 0.3) is 0 Å². The molecule has 2 saturated heterocycles. The number of carboxylic acid groups (broad SMARTS) is 1. The molecule has 17 heteroatoms. The van der Waals surface area contributed by atoms with Gasteiger partial charge in [-0.2, -0.15) is 13.2 Å². The zero-order valence-corrected chi connectivity index (χ0v) is 21.6. The van der Waals surface area contributed by atoms with Gasteiger partial charge in [0.2, 0.25) is 17.6 Å². The first kappa shape index (κ1) is 30.0. The first-order valence-corrected chi connectivity index (χ1v) is 13.8. The van der Waals surface area contributed by atoms with E-state index in [1.165, 1.54) is 11.8 Å². The van der Waals surface area contributed by atoms with Crippen LogP contribution in [0.4, 0.5) is 13.2 Å². The van der Waals surface area contributed by atoms with Crippen LogP contribution in [0, 0.1) is 5.92 Å². The predicted molar refractivity (Wildman–Crippen MR) is 136 cm³/mol. The molecule has 0 radical (unpaired) electrons. The average Bonchev–Trinajstić information content (AvgIpc) is 3.45. The van der Waals surface area contributed by atoms with E-state index in [1.807, 2.05) is 0 Å². The Bertz CT molecular complexity index is 1300. The van der Waals surface area contributed by atoms with Crippen molar-refractivity contribution in [1.29, 1.82) is 0 Å². The third-order valence-corrected chi connectivity index (χ3v) is 9.06. The average molecular weight is 597 g/mol. The molecule has 1 saturated carbocycles. The van der Waals surface area contributed by atoms with E-state index in [-0.39, 0.29) is 57.8 Å². The number of hydrogen-bond acceptors (Lipinski definition) is 8. The number of hydrogen-bond donors (Lipinski definition) is 3. The number of carboxylic acids is 1. The molecule has 2 atom stereocenters. The molecule has 1 aliphatic carbocycles. The van der Waals surface area contributed by atoms with Gasteiger partial charge in [-0.25, -0.2) is 4.79 Å². The van der Waals surface area contributed by atoms with Crippen LogP contribution in [0.5, 0.6) is 0 Å². The fourth-order valence-electron chi connectivity index (χ4n) is 4.73. The molecule has 39 heavy (non-hydrogen) atoms. The van der Waals surface area contributed by atoms with Gasteiger partial charge >= 0.3 is 41.7 Å². The number of thioether (sulfide) groups is 2. The van der Waals surface area contributed by atoms with E-state index in [4.69, 9.17) is 0 Å². The summed E-state index contributed by atoms with van der Waals surface area (Å²) in [6.07, 6.45) is -1.61. The summed E-state index contributed by atoms with van der Waals surface area (Å²) in [4.78, 5) is 51.4. The summed E-state index contributed by atoms with van der Waals surface area (Å²) in [7, 11) is 1.13. The second-order valence-electron chi connectivity index (χ2n) is 9.35. The molecule has 5 rings (SSSR count). The predicted octanol–water partition coefficient (Wildman–Crippen LogP) is 0.633. The quantitative estimate of drug-likeness (QED) is 0.170. The van der Waals surface area contributed by atoms with Crippen molar-refractivity contribution in [2.75, 3.05) is 18.1 Å². The summed E-state index contributed by atoms with van der Waals surface area (Å²) in [5, 5.41) is 21.2. The molecule has 3 fully saturated rings. The van der Waals surface area contributed by atoms with Gasteiger partial charge in [0.25, 0.3) is 5.91 Å². The molecule has 1 aromatic heterocycles. The fourth-order valence-corrected chi connectivity index (χ4v) is 6.84. The molecule has 1 aromatic rings. The van der Waals surface area contributed by atoms with E-state index in [2.05, 4.69) is 20.8 Å². The minimum atomic E-state index is -4.69. The fraction of sp³-hybridized carbons (Fsp3) is 0.545. The third kappa shape index (κ3) is 5.89. The Morgan fingerprint density at radius 3 is 2.54 bits per heavy atom. The number of fused-ring (bicyclic) bond motifs is 1. The molecule has 4 aliphatic rings. The van der Waals surface area contributed by atoms with E-state index in [1.54, 1.807) is 0 Å². The van der Waals surface area contributed by atoms with Gasteiger partial charge in [-0.05, 0) is 42.7 Å². The van der Waals surface area contributed by atoms with Gasteiger partial charge in [0.1, 0.15) is 17.1 Å². The number of aromatic nitrogens is 3. The number of alkyl halides is 3. The SMILES string of the molecule is Cn1c(SCC(=O)N[C@@H]2C(=O)N3C(C(=O)O)=C(C(CC4CC4)=C4CCNC4=O)CS[C@H]23)nnc1C(F)(F)F.[NaH]. The maximum absolute atomic E-state index is 13.0. The van der Waals surface area contributed by atoms with Crippen LogP contribution in [0.1, 0.15) is 31.5 Å². The second kappa shape index (κ2) is 11.5. The van der Waals surface area contributed by atoms with Crippen molar-refractivity contribution in [2.24, 2.45) is 13.0 Å². The van der Waals surface area contributed by atoms with Crippen LogP contribution in [0.15, 0.2) is 27.6 Å². The molecule has 3 N–H and O–H groups in total. The van der Waals surface area contributed by atoms with Crippen molar-refractivity contribution in [3.8, 4) is 0 Å². The van der Waals surface area contributed by atoms with Crippen molar-refractivity contribution in [3.05, 3.63) is 28.2 Å². The Balaban J connectivity index is 0.00000353. The van der Waals surface area contributed by atoms with Gasteiger partial charge in [0.05, 0.1) is 5.75 Å². The van der Waals surface area contributed by atoms with Gasteiger partial charge in [-0.3, -0.25) is 19.3 Å². The molecule has 0 bridgehead atoms. The van der Waals surface area contributed by atoms with E-state index in [0.29, 0.717) is 42.0 Å². The number of rotatable bonds is 8. The molecular formula is C22H24F3N6NaO5S2. The van der Waals surface area contributed by atoms with Crippen molar-refractivity contribution in [1.82, 2.24) is 30.3 Å². The first-order chi connectivity index (χ1) is 18.0. The standard InChI is InChI=1S/C22H23F3N6O5S2.Na.H/c1-30-20(22(23,24)25)28-29-21(30)38-8-13(32)27-14-17(34)31-15(19(35)36)12(7-37-18(14)31)11(6-9-2-3-9)10-4-5-26-16(10)33;;/h9,14,18H,2-8H2,1H3,(H,26,33)(H,27,32)(H,35,36);;/t14-,18-;;/m1../s1. The number of β-lactam (4-membered cyclic amide) rings is 1. The molecule has 0 aromatic carbocycles. The van der Waals surface area contributed by atoms with Crippen LogP contribution in [0.2, 0.25) is 0 Å². The molecule has 0 unspecified atom stereocenters. The van der Waals surface area contributed by atoms with E-state index in [0.717, 1.165) is 41.1 Å². The topological polar surface area (TPSA) is 147 Å². The van der Waals surface area contributed by atoms with Crippen LogP contribution in [-0.4, -0.2) is 107 Å². The van der Waals surface area contributed by atoms with Gasteiger partial charge < -0.3 is 20.3 Å². The summed E-state index contributed by atoms with van der Waals surface area (Å²) in [6.45, 7) is 0.481. The summed E-state index contributed by atoms with van der Waals surface area (Å²) in [6, 6.07) is -0.983. The molecule has 3 amide bonds. The van der Waals surface area contributed by atoms with Crippen LogP contribution in [-0.2, 0) is 32.4 Å². The number of carbonyl (C=O) groups excluding carboxylic acids is 3. The Labute approximate surface area is 251 Å². The summed E-state index contributed by atoms with van der Waals surface area (Å²) in [5.74, 6) is -3.58. The van der Waals surface area contributed by atoms with E-state index >= 15 is 0 Å². The number of nitrogens with one attached hydrogen (secondary N) is 2. The molecule has 11 nitrogen and oxygen atoms in total. The van der Waals surface area contributed by atoms with Gasteiger partial charge in [-0.15, -0.1) is 22.0 Å². The summed E-state index contributed by atoms with van der Waals surface area (Å²) >= 11 is 2.03. The van der Waals surface area contributed by atoms with Crippen molar-refractivity contribution in [2.45, 2.75) is 48.4 Å². The number of halogens is 3. The van der Waals surface area contributed by atoms with Gasteiger partial charge in [-0.1, -0.05) is 11.8 Å². The molecular weight excluding hydrogens is 572 g/mol. The van der Waals surface area contributed by atoms with Crippen molar-refractivity contribution in [3.63, 3.8) is 0 Å². The zero-order valence-electron chi connectivity index (χ0n) is 20.0. The van der Waals surface area contributed by atoms with Crippen LogP contribution in [0.3, 0.4) is 0 Å². The second-order valence-corrected chi connectivity index (χ2v) is 11.4. The number of allylic oxidation sites excluding steroid dienone is 1. The number of amides is 3. The van der Waals surface area contributed by atoms with Crippen molar-refractivity contribution >= 4 is 76.8 Å². The molecule has 4 heterocycles. The zero-order chi connectivity index (χ0) is 27.4. The van der Waals surface area contributed by atoms with Gasteiger partial charge in [0.15, 0.2) is 5.16 Å². The Morgan fingerprint density at radius 2 is 1.97 bits per heavy atom. The van der Waals surface area contributed by atoms with E-state index < -0.39 is 41.2 Å². The third-order valence-electron chi connectivity index (χ3n) is 6.76. The first-order valence-electron chi connectivity index (χ1n) is 11.8. The number of aliphatic carboxylic acids is 1. The Hall–Kier alpha value is -2.01. The maximum atomic E-state index is 13.0. The number of carbonyl (C=O) groups is 4. The van der Waals surface area contributed by atoms with Crippen LogP contribution < -0.4 is 10.6 Å². The van der Waals surface area contributed by atoms with Crippen molar-refractivity contribution < 1.29 is 37.5 Å². The van der Waals surface area contributed by atoms with Gasteiger partial charge in [0, 0.05) is 24.9 Å². The monoisotopic (exact) mass is 596 g/mol. The normalized spacial score (nSPS) is 24.1. The molecule has 206 valence electrons. The molecule has 3 aliphatic heterocycles. The Morgan fingerprint density at radius 1 is 1.26 bits per heavy atom. The Kier molecular flexibility index (Phi) is 8.81. The minimum absolute atomic E-state index is 0. The molecule has 0 spiro atoms. The van der Waals surface area contributed by atoms with E-state index in [9.17, 15) is 37.5 Å².